The van der Waals surface area contributed by atoms with E-state index in [1.165, 1.54) is 6.20 Å². The Morgan fingerprint density at radius 3 is 2.68 bits per heavy atom. The van der Waals surface area contributed by atoms with Crippen molar-refractivity contribution in [2.45, 2.75) is 31.3 Å². The molecule has 2 aliphatic heterocycles. The number of sulfone groups is 1. The van der Waals surface area contributed by atoms with Gasteiger partial charge in [-0.15, -0.1) is 0 Å². The molecule has 0 saturated carbocycles. The monoisotopic (exact) mass is 524 g/mol. The zero-order valence-corrected chi connectivity index (χ0v) is 19.9. The average Bonchev–Trinajstić information content (AvgIpc) is 3.42. The van der Waals surface area contributed by atoms with Gasteiger partial charge in [-0.1, -0.05) is 18.5 Å². The molecular formula is C19H24ClF3N6O4S. The molecule has 4 heterocycles. The van der Waals surface area contributed by atoms with Crippen LogP contribution < -0.4 is 10.6 Å². The molecule has 10 nitrogen and oxygen atoms in total. The quantitative estimate of drug-likeness (QED) is 0.536. The minimum Gasteiger partial charge on any atom is -0.373 e. The standard InChI is InChI=1S/C19H24ClF3N6O4S/c1-10(19(21,22)23)8-34(30,31)9-11-6-32-16-14(7-33-15(11)16)27-17-13(20)4-24-18(28-17)26-12-3-25-29(2)5-12/h3-5,10-11,14-16H,6-9H2,1-2H3,(H2,24,26,27,28)/t10?,11-,14-,15?,16?/m1/s1. The molecule has 2 aliphatic rings. The van der Waals surface area contributed by atoms with Gasteiger partial charge in [0, 0.05) is 19.2 Å². The largest absolute Gasteiger partial charge is 0.392 e. The minimum absolute atomic E-state index is 0.0679. The molecule has 2 fully saturated rings. The van der Waals surface area contributed by atoms with Gasteiger partial charge >= 0.3 is 6.18 Å². The van der Waals surface area contributed by atoms with Crippen LogP contribution in [-0.2, 0) is 26.4 Å². The van der Waals surface area contributed by atoms with Crippen molar-refractivity contribution in [3.8, 4) is 0 Å². The van der Waals surface area contributed by atoms with Crippen LogP contribution in [0.1, 0.15) is 6.92 Å². The highest BCUT2D eigenvalue weighted by Crippen LogP contribution is 2.35. The average molecular weight is 525 g/mol. The number of fused-ring (bicyclic) bond motifs is 1. The van der Waals surface area contributed by atoms with Gasteiger partial charge in [-0.3, -0.25) is 4.68 Å². The zero-order valence-electron chi connectivity index (χ0n) is 18.3. The normalized spacial score (nSPS) is 25.8. The van der Waals surface area contributed by atoms with Gasteiger partial charge < -0.3 is 20.1 Å². The number of anilines is 3. The van der Waals surface area contributed by atoms with E-state index < -0.39 is 51.6 Å². The second-order valence-corrected chi connectivity index (χ2v) is 11.1. The fourth-order valence-corrected chi connectivity index (χ4v) is 6.20. The summed E-state index contributed by atoms with van der Waals surface area (Å²) >= 11 is 6.24. The van der Waals surface area contributed by atoms with Crippen molar-refractivity contribution in [3.63, 3.8) is 0 Å². The number of nitrogens with one attached hydrogen (secondary N) is 2. The third kappa shape index (κ3) is 5.73. The summed E-state index contributed by atoms with van der Waals surface area (Å²) < 4.78 is 76.3. The molecule has 2 aromatic heterocycles. The molecule has 0 amide bonds. The van der Waals surface area contributed by atoms with E-state index in [9.17, 15) is 21.6 Å². The van der Waals surface area contributed by atoms with Crippen molar-refractivity contribution in [2.75, 3.05) is 35.4 Å². The van der Waals surface area contributed by atoms with Crippen molar-refractivity contribution in [1.82, 2.24) is 19.7 Å². The van der Waals surface area contributed by atoms with Crippen LogP contribution in [0.15, 0.2) is 18.6 Å². The number of rotatable bonds is 8. The predicted molar refractivity (Wildman–Crippen MR) is 118 cm³/mol. The predicted octanol–water partition coefficient (Wildman–Crippen LogP) is 2.41. The van der Waals surface area contributed by atoms with Gasteiger partial charge in [0.1, 0.15) is 11.1 Å². The lowest BCUT2D eigenvalue weighted by molar-refractivity contribution is -0.163. The molecule has 188 valence electrons. The van der Waals surface area contributed by atoms with E-state index in [0.717, 1.165) is 6.92 Å². The maximum Gasteiger partial charge on any atom is 0.392 e. The molecule has 0 aromatic carbocycles. The van der Waals surface area contributed by atoms with E-state index >= 15 is 0 Å². The van der Waals surface area contributed by atoms with Crippen molar-refractivity contribution >= 4 is 38.9 Å². The molecule has 0 spiro atoms. The first-order valence-corrected chi connectivity index (χ1v) is 12.7. The smallest absolute Gasteiger partial charge is 0.373 e. The van der Waals surface area contributed by atoms with Crippen LogP contribution in [0, 0.1) is 11.8 Å². The number of aryl methyl sites for hydroxylation is 1. The maximum atomic E-state index is 12.8. The van der Waals surface area contributed by atoms with Crippen LogP contribution in [0.25, 0.3) is 0 Å². The summed E-state index contributed by atoms with van der Waals surface area (Å²) in [6, 6.07) is -0.384. The highest BCUT2D eigenvalue weighted by molar-refractivity contribution is 7.91. The molecule has 0 bridgehead atoms. The van der Waals surface area contributed by atoms with Gasteiger partial charge in [-0.2, -0.15) is 23.3 Å². The Bertz CT molecular complexity index is 1130. The van der Waals surface area contributed by atoms with E-state index in [2.05, 4.69) is 25.7 Å². The van der Waals surface area contributed by atoms with Crippen LogP contribution in [-0.4, -0.2) is 77.3 Å². The molecule has 2 aromatic rings. The van der Waals surface area contributed by atoms with E-state index in [1.807, 2.05) is 0 Å². The number of hydrogen-bond donors (Lipinski definition) is 2. The van der Waals surface area contributed by atoms with Gasteiger partial charge in [-0.05, 0) is 0 Å². The first kappa shape index (κ1) is 24.9. The number of nitrogens with zero attached hydrogens (tertiary/aromatic N) is 4. The summed E-state index contributed by atoms with van der Waals surface area (Å²) in [5.41, 5.74) is 0.683. The number of halogens is 4. The second kappa shape index (κ2) is 9.47. The second-order valence-electron chi connectivity index (χ2n) is 8.54. The first-order chi connectivity index (χ1) is 15.9. The molecule has 4 rings (SSSR count). The lowest BCUT2D eigenvalue weighted by Crippen LogP contribution is -2.37. The molecule has 0 radical (unpaired) electrons. The topological polar surface area (TPSA) is 120 Å². The highest BCUT2D eigenvalue weighted by atomic mass is 35.5. The van der Waals surface area contributed by atoms with Crippen LogP contribution in [0.2, 0.25) is 5.02 Å². The third-order valence-electron chi connectivity index (χ3n) is 5.71. The summed E-state index contributed by atoms with van der Waals surface area (Å²) in [7, 11) is -2.19. The van der Waals surface area contributed by atoms with E-state index in [4.69, 9.17) is 21.1 Å². The van der Waals surface area contributed by atoms with Gasteiger partial charge in [-0.25, -0.2) is 13.4 Å². The Balaban J connectivity index is 1.39. The first-order valence-electron chi connectivity index (χ1n) is 10.5. The van der Waals surface area contributed by atoms with Crippen LogP contribution in [0.3, 0.4) is 0 Å². The summed E-state index contributed by atoms with van der Waals surface area (Å²) in [6.07, 6.45) is -0.854. The van der Waals surface area contributed by atoms with Crippen molar-refractivity contribution < 1.29 is 31.1 Å². The number of aromatic nitrogens is 4. The Hall–Kier alpha value is -2.16. The lowest BCUT2D eigenvalue weighted by atomic mass is 10.0. The SMILES string of the molecule is CC(CS(=O)(=O)C[C@H]1COC2C1OC[C@H]2Nc1nc(Nc2cnn(C)c2)ncc1Cl)C(F)(F)F. The van der Waals surface area contributed by atoms with Crippen molar-refractivity contribution in [1.29, 1.82) is 0 Å². The molecule has 2 N–H and O–H groups in total. The molecule has 2 saturated heterocycles. The maximum absolute atomic E-state index is 12.8. The Labute approximate surface area is 199 Å². The molecule has 15 heteroatoms. The molecule has 0 aliphatic carbocycles. The van der Waals surface area contributed by atoms with Gasteiger partial charge in [0.05, 0.1) is 60.9 Å². The Kier molecular flexibility index (Phi) is 6.95. The molecular weight excluding hydrogens is 501 g/mol. The van der Waals surface area contributed by atoms with E-state index in [0.29, 0.717) is 11.5 Å². The summed E-state index contributed by atoms with van der Waals surface area (Å²) in [5.74, 6) is -3.29. The fraction of sp³-hybridized carbons (Fsp3) is 0.632. The third-order valence-corrected chi connectivity index (χ3v) is 7.93. The van der Waals surface area contributed by atoms with Gasteiger partial charge in [0.15, 0.2) is 15.7 Å². The lowest BCUT2D eigenvalue weighted by Gasteiger charge is -2.20. The van der Waals surface area contributed by atoms with Gasteiger partial charge in [0.2, 0.25) is 5.95 Å². The summed E-state index contributed by atoms with van der Waals surface area (Å²) in [4.78, 5) is 8.51. The number of alkyl halides is 3. The van der Waals surface area contributed by atoms with E-state index in [1.54, 1.807) is 24.1 Å². The summed E-state index contributed by atoms with van der Waals surface area (Å²) in [6.45, 7) is 1.12. The number of hydrogen-bond acceptors (Lipinski definition) is 9. The van der Waals surface area contributed by atoms with Gasteiger partial charge in [0.25, 0.3) is 0 Å². The molecule has 5 atom stereocenters. The zero-order chi connectivity index (χ0) is 24.7. The highest BCUT2D eigenvalue weighted by Gasteiger charge is 2.49. The van der Waals surface area contributed by atoms with Crippen LogP contribution in [0.4, 0.5) is 30.6 Å². The Morgan fingerprint density at radius 1 is 1.26 bits per heavy atom. The molecule has 34 heavy (non-hydrogen) atoms. The van der Waals surface area contributed by atoms with Crippen molar-refractivity contribution in [2.24, 2.45) is 18.9 Å². The molecule has 3 unspecified atom stereocenters. The summed E-state index contributed by atoms with van der Waals surface area (Å²) in [5, 5.41) is 10.5. The van der Waals surface area contributed by atoms with Crippen LogP contribution >= 0.6 is 11.6 Å². The minimum atomic E-state index is -4.57. The van der Waals surface area contributed by atoms with Crippen molar-refractivity contribution in [3.05, 3.63) is 23.6 Å². The number of ether oxygens (including phenoxy) is 2. The van der Waals surface area contributed by atoms with Crippen LogP contribution in [0.5, 0.6) is 0 Å². The Morgan fingerprint density at radius 2 is 2.00 bits per heavy atom. The fourth-order valence-electron chi connectivity index (χ4n) is 4.03. The van der Waals surface area contributed by atoms with E-state index in [-0.39, 0.29) is 30.2 Å².